The lowest BCUT2D eigenvalue weighted by Crippen LogP contribution is -2.36. The summed E-state index contributed by atoms with van der Waals surface area (Å²) in [7, 11) is 0. The molecular formula is C27H41N5O. The van der Waals surface area contributed by atoms with Gasteiger partial charge in [-0.15, -0.1) is 0 Å². The SMILES string of the molecule is CC(C)c1ccc(NC(=O)c2cnn3c(NC(C)(C)CC(C)(C)C)c(C(C)(C)C)[nH]c23)cc1. The van der Waals surface area contributed by atoms with Crippen molar-refractivity contribution in [3.05, 3.63) is 47.3 Å². The van der Waals surface area contributed by atoms with Gasteiger partial charge in [-0.2, -0.15) is 9.61 Å². The summed E-state index contributed by atoms with van der Waals surface area (Å²) in [6.45, 7) is 22.0. The van der Waals surface area contributed by atoms with Crippen LogP contribution in [0.5, 0.6) is 0 Å². The summed E-state index contributed by atoms with van der Waals surface area (Å²) in [5, 5.41) is 11.3. The standard InChI is InChI=1S/C27H41N5O/c1-17(2)18-11-13-19(14-12-18)29-24(33)20-15-28-32-22(20)30-21(26(6,7)8)23(32)31-27(9,10)16-25(3,4)5/h11-15,17,30-31H,16H2,1-10H3,(H,29,33). The molecule has 3 rings (SSSR count). The molecule has 0 unspecified atom stereocenters. The number of nitrogens with one attached hydrogen (secondary N) is 3. The highest BCUT2D eigenvalue weighted by Crippen LogP contribution is 2.35. The van der Waals surface area contributed by atoms with Gasteiger partial charge in [0, 0.05) is 16.6 Å². The summed E-state index contributed by atoms with van der Waals surface area (Å²) in [5.41, 5.74) is 4.14. The van der Waals surface area contributed by atoms with E-state index in [1.54, 1.807) is 6.20 Å². The lowest BCUT2D eigenvalue weighted by atomic mass is 9.81. The lowest BCUT2D eigenvalue weighted by molar-refractivity contribution is 0.102. The van der Waals surface area contributed by atoms with Crippen LogP contribution in [0, 0.1) is 5.41 Å². The van der Waals surface area contributed by atoms with Gasteiger partial charge in [-0.25, -0.2) is 0 Å². The van der Waals surface area contributed by atoms with Gasteiger partial charge >= 0.3 is 0 Å². The van der Waals surface area contributed by atoms with Gasteiger partial charge in [-0.1, -0.05) is 67.5 Å². The van der Waals surface area contributed by atoms with Gasteiger partial charge in [-0.3, -0.25) is 4.79 Å². The third-order valence-corrected chi connectivity index (χ3v) is 5.72. The smallest absolute Gasteiger partial charge is 0.261 e. The number of hydrogen-bond donors (Lipinski definition) is 3. The van der Waals surface area contributed by atoms with E-state index >= 15 is 0 Å². The Kier molecular flexibility index (Phi) is 6.44. The van der Waals surface area contributed by atoms with Gasteiger partial charge in [-0.05, 0) is 49.3 Å². The average molecular weight is 452 g/mol. The fourth-order valence-corrected chi connectivity index (χ4v) is 4.59. The van der Waals surface area contributed by atoms with E-state index in [0.29, 0.717) is 17.1 Å². The molecule has 33 heavy (non-hydrogen) atoms. The number of hydrogen-bond acceptors (Lipinski definition) is 3. The Labute approximate surface area is 198 Å². The number of nitrogens with zero attached hydrogens (tertiary/aromatic N) is 2. The first-order valence-corrected chi connectivity index (χ1v) is 11.9. The minimum absolute atomic E-state index is 0.152. The van der Waals surface area contributed by atoms with E-state index in [0.717, 1.165) is 23.6 Å². The maximum absolute atomic E-state index is 13.1. The van der Waals surface area contributed by atoms with Gasteiger partial charge in [0.05, 0.1) is 11.9 Å². The Hall–Kier alpha value is -2.76. The fraction of sp³-hybridized carbons (Fsp3) is 0.556. The molecule has 0 atom stereocenters. The second-order valence-corrected chi connectivity index (χ2v) is 12.4. The number of imidazole rings is 1. The van der Waals surface area contributed by atoms with E-state index in [4.69, 9.17) is 0 Å². The first-order valence-electron chi connectivity index (χ1n) is 11.9. The molecule has 2 heterocycles. The Morgan fingerprint density at radius 1 is 1.03 bits per heavy atom. The van der Waals surface area contributed by atoms with Gasteiger partial charge in [0.1, 0.15) is 17.0 Å². The maximum Gasteiger partial charge on any atom is 0.261 e. The number of fused-ring (bicyclic) bond motifs is 1. The molecule has 0 fully saturated rings. The molecule has 0 radical (unpaired) electrons. The van der Waals surface area contributed by atoms with Crippen LogP contribution in [0.15, 0.2) is 30.5 Å². The second kappa shape index (κ2) is 8.54. The van der Waals surface area contributed by atoms with Crippen molar-refractivity contribution in [3.8, 4) is 0 Å². The van der Waals surface area contributed by atoms with E-state index in [2.05, 4.69) is 102 Å². The Balaban J connectivity index is 1.96. The number of aromatic nitrogens is 3. The van der Waals surface area contributed by atoms with Crippen LogP contribution in [-0.4, -0.2) is 26.0 Å². The first-order chi connectivity index (χ1) is 15.1. The van der Waals surface area contributed by atoms with Crippen molar-refractivity contribution in [1.82, 2.24) is 14.6 Å². The van der Waals surface area contributed by atoms with Crippen molar-refractivity contribution in [1.29, 1.82) is 0 Å². The number of anilines is 2. The minimum Gasteiger partial charge on any atom is -0.364 e. The van der Waals surface area contributed by atoms with Crippen LogP contribution in [0.2, 0.25) is 0 Å². The molecule has 1 aromatic carbocycles. The summed E-state index contributed by atoms with van der Waals surface area (Å²) in [6, 6.07) is 8.01. The Bertz CT molecular complexity index is 1120. The van der Waals surface area contributed by atoms with Crippen LogP contribution in [0.25, 0.3) is 5.65 Å². The molecule has 3 aromatic rings. The largest absolute Gasteiger partial charge is 0.364 e. The molecule has 0 aliphatic heterocycles. The van der Waals surface area contributed by atoms with E-state index in [1.165, 1.54) is 5.56 Å². The molecule has 0 aliphatic rings. The number of carbonyl (C=O) groups is 1. The number of aromatic amines is 1. The normalized spacial score (nSPS) is 13.1. The quantitative estimate of drug-likeness (QED) is 0.379. The molecule has 0 bridgehead atoms. The predicted molar refractivity (Wildman–Crippen MR) is 139 cm³/mol. The summed E-state index contributed by atoms with van der Waals surface area (Å²) >= 11 is 0. The van der Waals surface area contributed by atoms with E-state index in [1.807, 2.05) is 16.6 Å². The predicted octanol–water partition coefficient (Wildman–Crippen LogP) is 6.96. The Morgan fingerprint density at radius 3 is 2.15 bits per heavy atom. The van der Waals surface area contributed by atoms with Crippen molar-refractivity contribution in [3.63, 3.8) is 0 Å². The van der Waals surface area contributed by atoms with Gasteiger partial charge in [0.2, 0.25) is 0 Å². The summed E-state index contributed by atoms with van der Waals surface area (Å²) in [5.74, 6) is 1.19. The lowest BCUT2D eigenvalue weighted by Gasteiger charge is -2.34. The highest BCUT2D eigenvalue weighted by Gasteiger charge is 2.32. The van der Waals surface area contributed by atoms with Crippen LogP contribution in [-0.2, 0) is 5.41 Å². The number of benzene rings is 1. The van der Waals surface area contributed by atoms with E-state index < -0.39 is 0 Å². The molecule has 180 valence electrons. The average Bonchev–Trinajstić information content (AvgIpc) is 3.20. The summed E-state index contributed by atoms with van der Waals surface area (Å²) in [6.07, 6.45) is 2.62. The topological polar surface area (TPSA) is 74.2 Å². The van der Waals surface area contributed by atoms with E-state index in [9.17, 15) is 4.79 Å². The van der Waals surface area contributed by atoms with Crippen molar-refractivity contribution < 1.29 is 4.79 Å². The summed E-state index contributed by atoms with van der Waals surface area (Å²) in [4.78, 5) is 16.7. The van der Waals surface area contributed by atoms with Gasteiger partial charge < -0.3 is 15.6 Å². The van der Waals surface area contributed by atoms with Crippen LogP contribution < -0.4 is 10.6 Å². The summed E-state index contributed by atoms with van der Waals surface area (Å²) < 4.78 is 1.84. The second-order valence-electron chi connectivity index (χ2n) is 12.4. The molecule has 0 saturated carbocycles. The highest BCUT2D eigenvalue weighted by atomic mass is 16.1. The van der Waals surface area contributed by atoms with Crippen LogP contribution in [0.4, 0.5) is 11.5 Å². The van der Waals surface area contributed by atoms with E-state index in [-0.39, 0.29) is 22.3 Å². The number of carbonyl (C=O) groups excluding carboxylic acids is 1. The first kappa shape index (κ1) is 24.9. The zero-order valence-corrected chi connectivity index (χ0v) is 22.0. The van der Waals surface area contributed by atoms with Crippen molar-refractivity contribution >= 4 is 23.1 Å². The van der Waals surface area contributed by atoms with Crippen LogP contribution in [0.1, 0.15) is 103 Å². The molecule has 1 amide bonds. The molecule has 3 N–H and O–H groups in total. The monoisotopic (exact) mass is 451 g/mol. The zero-order valence-electron chi connectivity index (χ0n) is 22.0. The Morgan fingerprint density at radius 2 is 1.64 bits per heavy atom. The van der Waals surface area contributed by atoms with Gasteiger partial charge in [0.25, 0.3) is 5.91 Å². The minimum atomic E-state index is -0.176. The molecule has 0 aliphatic carbocycles. The molecule has 0 saturated heterocycles. The van der Waals surface area contributed by atoms with Crippen molar-refractivity contribution in [2.45, 2.75) is 92.5 Å². The fourth-order valence-electron chi connectivity index (χ4n) is 4.59. The number of H-pyrrole nitrogens is 1. The van der Waals surface area contributed by atoms with Crippen molar-refractivity contribution in [2.24, 2.45) is 5.41 Å². The maximum atomic E-state index is 13.1. The number of rotatable bonds is 6. The molecule has 2 aromatic heterocycles. The van der Waals surface area contributed by atoms with Crippen molar-refractivity contribution in [2.75, 3.05) is 10.6 Å². The highest BCUT2D eigenvalue weighted by molar-refractivity contribution is 6.08. The zero-order chi connectivity index (χ0) is 24.8. The van der Waals surface area contributed by atoms with Gasteiger partial charge in [0.15, 0.2) is 0 Å². The molecule has 6 heteroatoms. The van der Waals surface area contributed by atoms with Crippen LogP contribution in [0.3, 0.4) is 0 Å². The number of amides is 1. The third-order valence-electron chi connectivity index (χ3n) is 5.72. The molecular weight excluding hydrogens is 410 g/mol. The molecule has 6 nitrogen and oxygen atoms in total. The molecule has 0 spiro atoms. The van der Waals surface area contributed by atoms with Crippen LogP contribution >= 0.6 is 0 Å². The third kappa shape index (κ3) is 5.79.